The molecule has 0 N–H and O–H groups in total. The number of fused-ring (bicyclic) bond motifs is 1. The van der Waals surface area contributed by atoms with Gasteiger partial charge in [0, 0.05) is 29.7 Å². The normalized spacial score (nSPS) is 12.8. The Morgan fingerprint density at radius 3 is 2.77 bits per heavy atom. The third kappa shape index (κ3) is 3.94. The summed E-state index contributed by atoms with van der Waals surface area (Å²) in [6.45, 7) is 0.380. The molecule has 3 aromatic rings. The van der Waals surface area contributed by atoms with Crippen LogP contribution in [0.5, 0.6) is 5.88 Å². The molecular formula is C19H18Cl2N4O. The van der Waals surface area contributed by atoms with E-state index in [0.29, 0.717) is 17.6 Å². The number of hydrogen-bond acceptors (Lipinski definition) is 5. The minimum Gasteiger partial charge on any atom is -0.471 e. The van der Waals surface area contributed by atoms with Crippen molar-refractivity contribution in [2.45, 2.75) is 32.3 Å². The number of hydrogen-bond donors (Lipinski definition) is 0. The first-order chi connectivity index (χ1) is 12.3. The zero-order chi connectivity index (χ0) is 17.1. The predicted molar refractivity (Wildman–Crippen MR) is 103 cm³/mol. The number of halogens is 2. The van der Waals surface area contributed by atoms with E-state index in [1.165, 1.54) is 11.9 Å². The summed E-state index contributed by atoms with van der Waals surface area (Å²) in [5.74, 6) is 0.584. The molecule has 7 heteroatoms. The molecule has 0 bridgehead atoms. The van der Waals surface area contributed by atoms with Gasteiger partial charge in [0.25, 0.3) is 0 Å². The van der Waals surface area contributed by atoms with Crippen LogP contribution >= 0.6 is 24.0 Å². The number of aryl methyl sites for hydroxylation is 1. The Balaban J connectivity index is 0.00000196. The molecular weight excluding hydrogens is 371 g/mol. The van der Waals surface area contributed by atoms with E-state index in [-0.39, 0.29) is 12.4 Å². The van der Waals surface area contributed by atoms with Crippen LogP contribution in [0.2, 0.25) is 5.15 Å². The van der Waals surface area contributed by atoms with Crippen LogP contribution in [-0.2, 0) is 19.4 Å². The summed E-state index contributed by atoms with van der Waals surface area (Å²) in [6, 6.07) is 7.70. The van der Waals surface area contributed by atoms with Gasteiger partial charge in [-0.15, -0.1) is 12.4 Å². The first-order valence-electron chi connectivity index (χ1n) is 8.32. The van der Waals surface area contributed by atoms with Crippen LogP contribution in [-0.4, -0.2) is 19.9 Å². The van der Waals surface area contributed by atoms with Crippen LogP contribution in [0.3, 0.4) is 0 Å². The zero-order valence-corrected chi connectivity index (χ0v) is 15.6. The lowest BCUT2D eigenvalue weighted by Crippen LogP contribution is -2.09. The highest BCUT2D eigenvalue weighted by Gasteiger charge is 2.20. The Bertz CT molecular complexity index is 890. The van der Waals surface area contributed by atoms with Gasteiger partial charge in [-0.25, -0.2) is 15.0 Å². The van der Waals surface area contributed by atoms with Crippen molar-refractivity contribution in [1.29, 1.82) is 0 Å². The fourth-order valence-electron chi connectivity index (χ4n) is 3.12. The Kier molecular flexibility index (Phi) is 6.01. The number of nitrogens with zero attached hydrogens (tertiary/aromatic N) is 4. The van der Waals surface area contributed by atoms with Gasteiger partial charge in [-0.1, -0.05) is 17.7 Å². The summed E-state index contributed by atoms with van der Waals surface area (Å²) in [5.41, 5.74) is 5.02. The van der Waals surface area contributed by atoms with E-state index in [1.807, 2.05) is 24.3 Å². The number of rotatable bonds is 4. The topological polar surface area (TPSA) is 60.8 Å². The standard InChI is InChI=1S/C19H17ClN4O.ClH/c20-19-16(10-21-12-23-19)15-9-18(24-17-7-2-1-6-14(15)17)25-11-13-5-3-4-8-22-13;/h3-5,8-10,12H,1-2,6-7,11H2;1H. The van der Waals surface area contributed by atoms with Gasteiger partial charge in [0.15, 0.2) is 0 Å². The molecule has 0 saturated carbocycles. The number of pyridine rings is 2. The molecule has 0 fully saturated rings. The number of ether oxygens (including phenoxy) is 1. The second-order valence-electron chi connectivity index (χ2n) is 5.98. The Labute approximate surface area is 163 Å². The fraction of sp³-hybridized carbons (Fsp3) is 0.263. The first kappa shape index (κ1) is 18.5. The molecule has 1 aliphatic rings. The molecule has 4 rings (SSSR count). The van der Waals surface area contributed by atoms with Gasteiger partial charge in [-0.3, -0.25) is 4.98 Å². The minimum atomic E-state index is 0. The van der Waals surface area contributed by atoms with E-state index in [1.54, 1.807) is 12.4 Å². The molecule has 0 radical (unpaired) electrons. The Morgan fingerprint density at radius 2 is 1.96 bits per heavy atom. The van der Waals surface area contributed by atoms with Crippen molar-refractivity contribution in [3.05, 3.63) is 65.1 Å². The summed E-state index contributed by atoms with van der Waals surface area (Å²) in [4.78, 5) is 17.2. The van der Waals surface area contributed by atoms with E-state index in [0.717, 1.165) is 48.2 Å². The van der Waals surface area contributed by atoms with Gasteiger partial charge in [-0.2, -0.15) is 0 Å². The highest BCUT2D eigenvalue weighted by molar-refractivity contribution is 6.32. The molecule has 3 aromatic heterocycles. The largest absolute Gasteiger partial charge is 0.471 e. The van der Waals surface area contributed by atoms with Crippen molar-refractivity contribution in [3.8, 4) is 17.0 Å². The maximum absolute atomic E-state index is 6.30. The molecule has 5 nitrogen and oxygen atoms in total. The van der Waals surface area contributed by atoms with Crippen molar-refractivity contribution in [3.63, 3.8) is 0 Å². The maximum Gasteiger partial charge on any atom is 0.214 e. The average Bonchev–Trinajstić information content (AvgIpc) is 2.67. The SMILES string of the molecule is Cl.Clc1ncncc1-c1cc(OCc2ccccn2)nc2c1CCCC2. The molecule has 26 heavy (non-hydrogen) atoms. The van der Waals surface area contributed by atoms with Gasteiger partial charge < -0.3 is 4.74 Å². The summed E-state index contributed by atoms with van der Waals surface area (Å²) < 4.78 is 5.90. The maximum atomic E-state index is 6.30. The van der Waals surface area contributed by atoms with E-state index < -0.39 is 0 Å². The molecule has 0 saturated heterocycles. The van der Waals surface area contributed by atoms with Crippen LogP contribution in [0.4, 0.5) is 0 Å². The van der Waals surface area contributed by atoms with Crippen LogP contribution in [0.15, 0.2) is 43.0 Å². The zero-order valence-electron chi connectivity index (χ0n) is 14.1. The predicted octanol–water partition coefficient (Wildman–Crippen LogP) is 4.47. The van der Waals surface area contributed by atoms with Gasteiger partial charge in [0.2, 0.25) is 5.88 Å². The van der Waals surface area contributed by atoms with Crippen molar-refractivity contribution < 1.29 is 4.74 Å². The summed E-state index contributed by atoms with van der Waals surface area (Å²) in [6.07, 6.45) is 9.20. The fourth-order valence-corrected chi connectivity index (χ4v) is 3.31. The molecule has 1 aliphatic carbocycles. The van der Waals surface area contributed by atoms with Crippen LogP contribution in [0, 0.1) is 0 Å². The molecule has 0 atom stereocenters. The highest BCUT2D eigenvalue weighted by Crippen LogP contribution is 2.35. The summed E-state index contributed by atoms with van der Waals surface area (Å²) in [7, 11) is 0. The third-order valence-electron chi connectivity index (χ3n) is 4.32. The smallest absolute Gasteiger partial charge is 0.214 e. The van der Waals surface area contributed by atoms with Gasteiger partial charge in [0.05, 0.1) is 5.69 Å². The molecule has 0 unspecified atom stereocenters. The van der Waals surface area contributed by atoms with Crippen LogP contribution < -0.4 is 4.74 Å². The van der Waals surface area contributed by atoms with Gasteiger partial charge in [-0.05, 0) is 48.9 Å². The van der Waals surface area contributed by atoms with E-state index >= 15 is 0 Å². The Morgan fingerprint density at radius 1 is 1.08 bits per heavy atom. The van der Waals surface area contributed by atoms with Crippen molar-refractivity contribution in [2.75, 3.05) is 0 Å². The van der Waals surface area contributed by atoms with Crippen molar-refractivity contribution in [1.82, 2.24) is 19.9 Å². The lowest BCUT2D eigenvalue weighted by atomic mass is 9.90. The van der Waals surface area contributed by atoms with Crippen LogP contribution in [0.1, 0.15) is 29.8 Å². The molecule has 0 spiro atoms. The quantitative estimate of drug-likeness (QED) is 0.617. The molecule has 0 aliphatic heterocycles. The van der Waals surface area contributed by atoms with Crippen molar-refractivity contribution >= 4 is 24.0 Å². The Hall–Kier alpha value is -2.24. The molecule has 3 heterocycles. The minimum absolute atomic E-state index is 0. The van der Waals surface area contributed by atoms with E-state index in [4.69, 9.17) is 21.3 Å². The number of aromatic nitrogens is 4. The highest BCUT2D eigenvalue weighted by atomic mass is 35.5. The van der Waals surface area contributed by atoms with E-state index in [2.05, 4.69) is 15.0 Å². The second kappa shape index (κ2) is 8.43. The first-order valence-corrected chi connectivity index (χ1v) is 8.70. The molecule has 134 valence electrons. The second-order valence-corrected chi connectivity index (χ2v) is 6.34. The monoisotopic (exact) mass is 388 g/mol. The summed E-state index contributed by atoms with van der Waals surface area (Å²) in [5, 5.41) is 0.449. The van der Waals surface area contributed by atoms with Crippen molar-refractivity contribution in [2.24, 2.45) is 0 Å². The lowest BCUT2D eigenvalue weighted by molar-refractivity contribution is 0.288. The van der Waals surface area contributed by atoms with E-state index in [9.17, 15) is 0 Å². The summed E-state index contributed by atoms with van der Waals surface area (Å²) >= 11 is 6.30. The lowest BCUT2D eigenvalue weighted by Gasteiger charge is -2.20. The van der Waals surface area contributed by atoms with Gasteiger partial charge in [0.1, 0.15) is 18.1 Å². The third-order valence-corrected chi connectivity index (χ3v) is 4.63. The van der Waals surface area contributed by atoms with Crippen LogP contribution in [0.25, 0.3) is 11.1 Å². The molecule has 0 aromatic carbocycles. The van der Waals surface area contributed by atoms with Gasteiger partial charge >= 0.3 is 0 Å². The molecule has 0 amide bonds. The average molecular weight is 389 g/mol.